The molecule has 0 atom stereocenters. The maximum Gasteiger partial charge on any atom is 0.252 e. The standard InChI is InChI=1S/C17H18N6O2/c24-16(17(6-9-18-10-7-17)23-11-1-8-20-23)21-14-4-2-13(3-5-14)15-19-12-25-22-15/h1-5,8,11-12,18H,6-7,9-10H2,(H,21,24). The van der Waals surface area contributed by atoms with Crippen molar-refractivity contribution in [2.75, 3.05) is 18.4 Å². The van der Waals surface area contributed by atoms with Crippen LogP contribution in [0, 0.1) is 0 Å². The summed E-state index contributed by atoms with van der Waals surface area (Å²) in [5, 5.41) is 14.4. The average Bonchev–Trinajstić information content (AvgIpc) is 3.37. The Morgan fingerprint density at radius 2 is 2.04 bits per heavy atom. The number of benzene rings is 1. The molecule has 1 saturated heterocycles. The first-order chi connectivity index (χ1) is 12.3. The van der Waals surface area contributed by atoms with Crippen LogP contribution in [0.5, 0.6) is 0 Å². The van der Waals surface area contributed by atoms with Crippen LogP contribution in [0.2, 0.25) is 0 Å². The van der Waals surface area contributed by atoms with E-state index in [1.165, 1.54) is 6.39 Å². The fraction of sp³-hybridized carbons (Fsp3) is 0.294. The minimum Gasteiger partial charge on any atom is -0.342 e. The van der Waals surface area contributed by atoms with Gasteiger partial charge in [-0.2, -0.15) is 10.1 Å². The molecule has 1 aliphatic rings. The van der Waals surface area contributed by atoms with Crippen molar-refractivity contribution in [3.05, 3.63) is 49.1 Å². The molecule has 0 saturated carbocycles. The van der Waals surface area contributed by atoms with E-state index in [9.17, 15) is 4.79 Å². The number of carbonyl (C=O) groups is 1. The van der Waals surface area contributed by atoms with E-state index < -0.39 is 5.54 Å². The topological polar surface area (TPSA) is 97.9 Å². The Morgan fingerprint density at radius 1 is 1.24 bits per heavy atom. The number of hydrogen-bond donors (Lipinski definition) is 2. The molecular formula is C17H18N6O2. The molecule has 1 fully saturated rings. The second-order valence-electron chi connectivity index (χ2n) is 6.02. The van der Waals surface area contributed by atoms with Gasteiger partial charge >= 0.3 is 0 Å². The Bertz CT molecular complexity index is 821. The van der Waals surface area contributed by atoms with E-state index in [0.29, 0.717) is 18.7 Å². The lowest BCUT2D eigenvalue weighted by molar-refractivity contribution is -0.126. The molecule has 2 aromatic heterocycles. The number of carbonyl (C=O) groups excluding carboxylic acids is 1. The second-order valence-corrected chi connectivity index (χ2v) is 6.02. The van der Waals surface area contributed by atoms with E-state index in [1.54, 1.807) is 10.9 Å². The minimum atomic E-state index is -0.666. The van der Waals surface area contributed by atoms with Gasteiger partial charge in [0.05, 0.1) is 0 Å². The molecule has 3 aromatic rings. The SMILES string of the molecule is O=C(Nc1ccc(-c2ncon2)cc1)C1(n2cccn2)CCNCC1. The number of anilines is 1. The highest BCUT2D eigenvalue weighted by Crippen LogP contribution is 2.29. The molecule has 1 amide bonds. The summed E-state index contributed by atoms with van der Waals surface area (Å²) < 4.78 is 6.53. The summed E-state index contributed by atoms with van der Waals surface area (Å²) in [6.45, 7) is 1.56. The Morgan fingerprint density at radius 3 is 2.68 bits per heavy atom. The second kappa shape index (κ2) is 6.48. The first kappa shape index (κ1) is 15.5. The van der Waals surface area contributed by atoms with E-state index in [0.717, 1.165) is 24.3 Å². The zero-order valence-electron chi connectivity index (χ0n) is 13.6. The summed E-state index contributed by atoms with van der Waals surface area (Å²) in [6.07, 6.45) is 6.24. The smallest absolute Gasteiger partial charge is 0.252 e. The van der Waals surface area contributed by atoms with Crippen LogP contribution in [0.15, 0.2) is 53.6 Å². The number of piperidine rings is 1. The predicted molar refractivity (Wildman–Crippen MR) is 90.7 cm³/mol. The third-order valence-corrected chi connectivity index (χ3v) is 4.56. The van der Waals surface area contributed by atoms with Crippen LogP contribution in [0.1, 0.15) is 12.8 Å². The third-order valence-electron chi connectivity index (χ3n) is 4.56. The zero-order valence-corrected chi connectivity index (χ0v) is 13.6. The van der Waals surface area contributed by atoms with Gasteiger partial charge in [0, 0.05) is 23.6 Å². The average molecular weight is 338 g/mol. The summed E-state index contributed by atoms with van der Waals surface area (Å²) in [6, 6.07) is 9.21. The molecule has 2 N–H and O–H groups in total. The molecule has 25 heavy (non-hydrogen) atoms. The van der Waals surface area contributed by atoms with Crippen molar-refractivity contribution in [3.63, 3.8) is 0 Å². The van der Waals surface area contributed by atoms with Crippen LogP contribution in [0.25, 0.3) is 11.4 Å². The van der Waals surface area contributed by atoms with Crippen LogP contribution in [0.3, 0.4) is 0 Å². The fourth-order valence-corrected chi connectivity index (χ4v) is 3.17. The largest absolute Gasteiger partial charge is 0.342 e. The highest BCUT2D eigenvalue weighted by Gasteiger charge is 2.42. The Balaban J connectivity index is 1.55. The minimum absolute atomic E-state index is 0.0509. The maximum atomic E-state index is 13.1. The lowest BCUT2D eigenvalue weighted by Gasteiger charge is -2.36. The predicted octanol–water partition coefficient (Wildman–Crippen LogP) is 1.65. The molecule has 128 valence electrons. The van der Waals surface area contributed by atoms with Crippen molar-refractivity contribution in [1.82, 2.24) is 25.2 Å². The van der Waals surface area contributed by atoms with Crippen molar-refractivity contribution in [2.45, 2.75) is 18.4 Å². The van der Waals surface area contributed by atoms with Crippen molar-refractivity contribution in [3.8, 4) is 11.4 Å². The monoisotopic (exact) mass is 338 g/mol. The van der Waals surface area contributed by atoms with Gasteiger partial charge in [0.25, 0.3) is 5.91 Å². The van der Waals surface area contributed by atoms with Crippen molar-refractivity contribution >= 4 is 11.6 Å². The van der Waals surface area contributed by atoms with Crippen LogP contribution >= 0.6 is 0 Å². The van der Waals surface area contributed by atoms with Gasteiger partial charge in [0.1, 0.15) is 5.54 Å². The van der Waals surface area contributed by atoms with E-state index in [1.807, 2.05) is 36.5 Å². The van der Waals surface area contributed by atoms with Gasteiger partial charge < -0.3 is 15.2 Å². The molecule has 8 heteroatoms. The Labute approximate surface area is 144 Å². The lowest BCUT2D eigenvalue weighted by Crippen LogP contribution is -2.52. The number of rotatable bonds is 4. The summed E-state index contributed by atoms with van der Waals surface area (Å²) >= 11 is 0. The van der Waals surface area contributed by atoms with Crippen LogP contribution in [0.4, 0.5) is 5.69 Å². The molecule has 1 aliphatic heterocycles. The zero-order chi connectivity index (χ0) is 17.1. The highest BCUT2D eigenvalue weighted by molar-refractivity contribution is 5.96. The molecule has 4 rings (SSSR count). The molecule has 8 nitrogen and oxygen atoms in total. The number of amides is 1. The lowest BCUT2D eigenvalue weighted by atomic mass is 9.87. The fourth-order valence-electron chi connectivity index (χ4n) is 3.17. The van der Waals surface area contributed by atoms with E-state index in [2.05, 4.69) is 25.9 Å². The van der Waals surface area contributed by atoms with Crippen molar-refractivity contribution < 1.29 is 9.32 Å². The summed E-state index contributed by atoms with van der Waals surface area (Å²) in [7, 11) is 0. The number of nitrogens with one attached hydrogen (secondary N) is 2. The Kier molecular flexibility index (Phi) is 4.02. The third kappa shape index (κ3) is 2.91. The maximum absolute atomic E-state index is 13.1. The summed E-state index contributed by atoms with van der Waals surface area (Å²) in [5.41, 5.74) is 0.888. The van der Waals surface area contributed by atoms with Gasteiger partial charge in [-0.1, -0.05) is 5.16 Å². The van der Waals surface area contributed by atoms with E-state index >= 15 is 0 Å². The molecule has 0 unspecified atom stereocenters. The quantitative estimate of drug-likeness (QED) is 0.751. The van der Waals surface area contributed by atoms with E-state index in [-0.39, 0.29) is 5.91 Å². The van der Waals surface area contributed by atoms with Crippen LogP contribution in [-0.2, 0) is 10.3 Å². The van der Waals surface area contributed by atoms with Gasteiger partial charge in [-0.25, -0.2) is 0 Å². The van der Waals surface area contributed by atoms with Gasteiger partial charge in [-0.3, -0.25) is 9.48 Å². The van der Waals surface area contributed by atoms with Gasteiger partial charge in [0.2, 0.25) is 12.2 Å². The molecule has 0 aliphatic carbocycles. The van der Waals surface area contributed by atoms with Crippen LogP contribution in [-0.4, -0.2) is 38.9 Å². The molecular weight excluding hydrogens is 320 g/mol. The molecule has 0 spiro atoms. The number of nitrogens with zero attached hydrogens (tertiary/aromatic N) is 4. The van der Waals surface area contributed by atoms with Gasteiger partial charge in [-0.15, -0.1) is 0 Å². The summed E-state index contributed by atoms with van der Waals surface area (Å²) in [5.74, 6) is 0.467. The van der Waals surface area contributed by atoms with E-state index in [4.69, 9.17) is 4.52 Å². The number of hydrogen-bond acceptors (Lipinski definition) is 6. The van der Waals surface area contributed by atoms with Gasteiger partial charge in [-0.05, 0) is 56.3 Å². The Hall–Kier alpha value is -3.00. The molecule has 0 radical (unpaired) electrons. The van der Waals surface area contributed by atoms with Gasteiger partial charge in [0.15, 0.2) is 0 Å². The number of aromatic nitrogens is 4. The molecule has 1 aromatic carbocycles. The van der Waals surface area contributed by atoms with Crippen molar-refractivity contribution in [1.29, 1.82) is 0 Å². The van der Waals surface area contributed by atoms with Crippen LogP contribution < -0.4 is 10.6 Å². The first-order valence-corrected chi connectivity index (χ1v) is 8.17. The van der Waals surface area contributed by atoms with Crippen molar-refractivity contribution in [2.24, 2.45) is 0 Å². The molecule has 0 bridgehead atoms. The normalized spacial score (nSPS) is 16.5. The first-order valence-electron chi connectivity index (χ1n) is 8.17. The highest BCUT2D eigenvalue weighted by atomic mass is 16.5. The summed E-state index contributed by atoms with van der Waals surface area (Å²) in [4.78, 5) is 17.1. The molecule has 3 heterocycles.